The van der Waals surface area contributed by atoms with Gasteiger partial charge in [-0.2, -0.15) is 0 Å². The molecule has 1 fully saturated rings. The lowest BCUT2D eigenvalue weighted by atomic mass is 9.95. The van der Waals surface area contributed by atoms with Crippen LogP contribution >= 0.6 is 0 Å². The summed E-state index contributed by atoms with van der Waals surface area (Å²) in [5, 5.41) is 11.6. The number of oxime groups is 1. The highest BCUT2D eigenvalue weighted by Gasteiger charge is 2.25. The van der Waals surface area contributed by atoms with Crippen LogP contribution in [0.3, 0.4) is 0 Å². The van der Waals surface area contributed by atoms with E-state index >= 15 is 0 Å². The molecule has 19 heavy (non-hydrogen) atoms. The van der Waals surface area contributed by atoms with Crippen LogP contribution in [-0.4, -0.2) is 34.9 Å². The molecule has 0 bridgehead atoms. The van der Waals surface area contributed by atoms with Gasteiger partial charge >= 0.3 is 0 Å². The van der Waals surface area contributed by atoms with Crippen LogP contribution in [0, 0.1) is 11.7 Å². The first kappa shape index (κ1) is 13.3. The molecule has 1 saturated heterocycles. The Hall–Kier alpha value is -2.11. The molecule has 3 N–H and O–H groups in total. The van der Waals surface area contributed by atoms with Crippen molar-refractivity contribution in [3.63, 3.8) is 0 Å². The van der Waals surface area contributed by atoms with Crippen LogP contribution in [0.2, 0.25) is 0 Å². The molecular weight excluding hydrogens is 249 g/mol. The highest BCUT2D eigenvalue weighted by molar-refractivity contribution is 5.94. The molecule has 0 saturated carbocycles. The molecule has 0 atom stereocenters. The first-order valence-corrected chi connectivity index (χ1v) is 6.14. The zero-order valence-electron chi connectivity index (χ0n) is 10.4. The summed E-state index contributed by atoms with van der Waals surface area (Å²) >= 11 is 0. The van der Waals surface area contributed by atoms with Crippen molar-refractivity contribution in [3.8, 4) is 0 Å². The van der Waals surface area contributed by atoms with E-state index in [2.05, 4.69) is 5.16 Å². The van der Waals surface area contributed by atoms with Crippen molar-refractivity contribution in [2.75, 3.05) is 13.1 Å². The fraction of sp³-hybridized carbons (Fsp3) is 0.385. The number of hydrogen-bond donors (Lipinski definition) is 2. The first-order chi connectivity index (χ1) is 9.11. The number of halogens is 1. The van der Waals surface area contributed by atoms with Crippen LogP contribution in [0.1, 0.15) is 23.2 Å². The largest absolute Gasteiger partial charge is 0.409 e. The van der Waals surface area contributed by atoms with Gasteiger partial charge in [-0.3, -0.25) is 4.79 Å². The predicted molar refractivity (Wildman–Crippen MR) is 68.4 cm³/mol. The number of carbonyl (C=O) groups is 1. The number of benzene rings is 1. The van der Waals surface area contributed by atoms with Gasteiger partial charge in [0, 0.05) is 24.6 Å². The average Bonchev–Trinajstić information content (AvgIpc) is 2.46. The summed E-state index contributed by atoms with van der Waals surface area (Å²) in [4.78, 5) is 13.8. The molecule has 1 heterocycles. The Balaban J connectivity index is 2.00. The van der Waals surface area contributed by atoms with Gasteiger partial charge in [0.15, 0.2) is 0 Å². The Labute approximate surface area is 110 Å². The van der Waals surface area contributed by atoms with Gasteiger partial charge in [-0.05, 0) is 31.0 Å². The van der Waals surface area contributed by atoms with Gasteiger partial charge in [0.1, 0.15) is 11.7 Å². The minimum Gasteiger partial charge on any atom is -0.409 e. The van der Waals surface area contributed by atoms with Crippen molar-refractivity contribution >= 4 is 11.7 Å². The summed E-state index contributed by atoms with van der Waals surface area (Å²) in [5.41, 5.74) is 5.90. The number of piperidine rings is 1. The number of carbonyl (C=O) groups excluding carboxylic acids is 1. The summed E-state index contributed by atoms with van der Waals surface area (Å²) in [6, 6.07) is 5.66. The lowest BCUT2D eigenvalue weighted by molar-refractivity contribution is 0.0708. The minimum absolute atomic E-state index is 0.00144. The third kappa shape index (κ3) is 3.01. The molecule has 5 nitrogen and oxygen atoms in total. The highest BCUT2D eigenvalue weighted by Crippen LogP contribution is 2.19. The summed E-state index contributed by atoms with van der Waals surface area (Å²) < 4.78 is 13.1. The second kappa shape index (κ2) is 5.69. The van der Waals surface area contributed by atoms with Crippen molar-refractivity contribution < 1.29 is 14.4 Å². The van der Waals surface area contributed by atoms with E-state index < -0.39 is 5.82 Å². The number of nitrogens with two attached hydrogens (primary N) is 1. The van der Waals surface area contributed by atoms with Crippen molar-refractivity contribution in [2.45, 2.75) is 12.8 Å². The molecule has 0 unspecified atom stereocenters. The Morgan fingerprint density at radius 2 is 2.11 bits per heavy atom. The lowest BCUT2D eigenvalue weighted by Crippen LogP contribution is -2.41. The van der Waals surface area contributed by atoms with E-state index in [0.717, 1.165) is 0 Å². The minimum atomic E-state index is -0.419. The van der Waals surface area contributed by atoms with E-state index in [0.29, 0.717) is 31.5 Å². The van der Waals surface area contributed by atoms with Crippen molar-refractivity contribution in [3.05, 3.63) is 35.6 Å². The number of nitrogens with zero attached hydrogens (tertiary/aromatic N) is 2. The molecule has 102 valence electrons. The standard InChI is InChI=1S/C13H16FN3O2/c14-11-3-1-2-10(8-11)13(18)17-6-4-9(5-7-17)12(15)16-19/h1-3,8-9,19H,4-7H2,(H2,15,16). The molecule has 0 radical (unpaired) electrons. The van der Waals surface area contributed by atoms with Gasteiger partial charge in [-0.15, -0.1) is 0 Å². The van der Waals surface area contributed by atoms with Crippen molar-refractivity contribution in [1.82, 2.24) is 4.90 Å². The second-order valence-electron chi connectivity index (χ2n) is 4.60. The van der Waals surface area contributed by atoms with Crippen LogP contribution in [0.15, 0.2) is 29.4 Å². The van der Waals surface area contributed by atoms with Crippen LogP contribution in [0.4, 0.5) is 4.39 Å². The number of rotatable bonds is 2. The molecule has 2 rings (SSSR count). The molecular formula is C13H16FN3O2. The molecule has 1 aliphatic rings. The molecule has 0 aromatic heterocycles. The fourth-order valence-electron chi connectivity index (χ4n) is 2.26. The molecule has 1 aliphatic heterocycles. The Kier molecular flexibility index (Phi) is 3.99. The molecule has 6 heteroatoms. The molecule has 0 aliphatic carbocycles. The van der Waals surface area contributed by atoms with E-state index in [-0.39, 0.29) is 17.7 Å². The average molecular weight is 265 g/mol. The maximum absolute atomic E-state index is 13.1. The van der Waals surface area contributed by atoms with Gasteiger partial charge in [0.05, 0.1) is 0 Å². The zero-order valence-corrected chi connectivity index (χ0v) is 10.4. The summed E-state index contributed by atoms with van der Waals surface area (Å²) in [5.74, 6) is -0.394. The number of amidine groups is 1. The van der Waals surface area contributed by atoms with E-state index in [1.165, 1.54) is 18.2 Å². The van der Waals surface area contributed by atoms with Gasteiger partial charge in [0.25, 0.3) is 5.91 Å². The summed E-state index contributed by atoms with van der Waals surface area (Å²) in [6.45, 7) is 1.05. The van der Waals surface area contributed by atoms with E-state index in [9.17, 15) is 9.18 Å². The van der Waals surface area contributed by atoms with Crippen molar-refractivity contribution in [1.29, 1.82) is 0 Å². The second-order valence-corrected chi connectivity index (χ2v) is 4.60. The van der Waals surface area contributed by atoms with E-state index in [1.54, 1.807) is 11.0 Å². The third-order valence-corrected chi connectivity index (χ3v) is 3.39. The Morgan fingerprint density at radius 1 is 1.42 bits per heavy atom. The Bertz CT molecular complexity index is 496. The quantitative estimate of drug-likeness (QED) is 0.367. The molecule has 1 amide bonds. The zero-order chi connectivity index (χ0) is 13.8. The van der Waals surface area contributed by atoms with Crippen LogP contribution < -0.4 is 5.73 Å². The lowest BCUT2D eigenvalue weighted by Gasteiger charge is -2.31. The maximum atomic E-state index is 13.1. The van der Waals surface area contributed by atoms with E-state index in [1.807, 2.05) is 0 Å². The van der Waals surface area contributed by atoms with E-state index in [4.69, 9.17) is 10.9 Å². The smallest absolute Gasteiger partial charge is 0.253 e. The van der Waals surface area contributed by atoms with Gasteiger partial charge in [-0.25, -0.2) is 4.39 Å². The SMILES string of the molecule is NC(=NO)C1CCN(C(=O)c2cccc(F)c2)CC1. The number of amides is 1. The van der Waals surface area contributed by atoms with Crippen molar-refractivity contribution in [2.24, 2.45) is 16.8 Å². The van der Waals surface area contributed by atoms with Gasteiger partial charge < -0.3 is 15.8 Å². The number of likely N-dealkylation sites (tertiary alicyclic amines) is 1. The highest BCUT2D eigenvalue weighted by atomic mass is 19.1. The van der Waals surface area contributed by atoms with Crippen LogP contribution in [0.25, 0.3) is 0 Å². The van der Waals surface area contributed by atoms with Gasteiger partial charge in [0.2, 0.25) is 0 Å². The van der Waals surface area contributed by atoms with Crippen LogP contribution in [0.5, 0.6) is 0 Å². The maximum Gasteiger partial charge on any atom is 0.253 e. The van der Waals surface area contributed by atoms with Crippen LogP contribution in [-0.2, 0) is 0 Å². The van der Waals surface area contributed by atoms with Gasteiger partial charge in [-0.1, -0.05) is 11.2 Å². The summed E-state index contributed by atoms with van der Waals surface area (Å²) in [6.07, 6.45) is 1.30. The first-order valence-electron chi connectivity index (χ1n) is 6.14. The molecule has 0 spiro atoms. The Morgan fingerprint density at radius 3 is 2.68 bits per heavy atom. The molecule has 1 aromatic carbocycles. The number of hydrogen-bond acceptors (Lipinski definition) is 3. The fourth-order valence-corrected chi connectivity index (χ4v) is 2.26. The topological polar surface area (TPSA) is 78.9 Å². The normalized spacial score (nSPS) is 17.5. The summed E-state index contributed by atoms with van der Waals surface area (Å²) in [7, 11) is 0. The monoisotopic (exact) mass is 265 g/mol. The molecule has 1 aromatic rings. The third-order valence-electron chi connectivity index (χ3n) is 3.39. The predicted octanol–water partition coefficient (Wildman–Crippen LogP) is 1.42.